The first-order valence-electron chi connectivity index (χ1n) is 12.3. The van der Waals surface area contributed by atoms with Crippen molar-refractivity contribution in [1.29, 1.82) is 0 Å². The summed E-state index contributed by atoms with van der Waals surface area (Å²) in [6.45, 7) is 5.61. The number of unbranched alkanes of at least 4 members (excludes halogenated alkanes) is 1. The molecule has 0 bridgehead atoms. The van der Waals surface area contributed by atoms with E-state index in [1.165, 1.54) is 10.6 Å². The van der Waals surface area contributed by atoms with E-state index in [9.17, 15) is 28.3 Å². The van der Waals surface area contributed by atoms with Gasteiger partial charge >= 0.3 is 5.97 Å². The minimum absolute atomic E-state index is 0.166. The van der Waals surface area contributed by atoms with Gasteiger partial charge in [0, 0.05) is 23.7 Å². The lowest BCUT2D eigenvalue weighted by Crippen LogP contribution is -2.40. The average molecular weight is 511 g/mol. The minimum atomic E-state index is -1.07. The molecule has 2 aromatic carbocycles. The summed E-state index contributed by atoms with van der Waals surface area (Å²) in [5.41, 5.74) is 1.72. The minimum Gasteiger partial charge on any atom is -0.481 e. The van der Waals surface area contributed by atoms with Crippen molar-refractivity contribution in [3.05, 3.63) is 105 Å². The van der Waals surface area contributed by atoms with Gasteiger partial charge in [-0.3, -0.25) is 14.4 Å². The second-order valence-corrected chi connectivity index (χ2v) is 9.36. The molecule has 0 aliphatic carbocycles. The number of nitrogens with one attached hydrogen (secondary N) is 1. The maximum absolute atomic E-state index is 14.3. The van der Waals surface area contributed by atoms with Crippen LogP contribution in [0.15, 0.2) is 59.5 Å². The van der Waals surface area contributed by atoms with Crippen molar-refractivity contribution in [1.82, 2.24) is 9.88 Å². The fourth-order valence-corrected chi connectivity index (χ4v) is 4.35. The van der Waals surface area contributed by atoms with E-state index >= 15 is 0 Å². The third-order valence-corrected chi connectivity index (χ3v) is 6.33. The van der Waals surface area contributed by atoms with Gasteiger partial charge in [-0.05, 0) is 49.6 Å². The van der Waals surface area contributed by atoms with Crippen LogP contribution in [-0.2, 0) is 16.0 Å². The van der Waals surface area contributed by atoms with Gasteiger partial charge in [-0.1, -0.05) is 55.7 Å². The molecule has 37 heavy (non-hydrogen) atoms. The topological polar surface area (TPSA) is 88.4 Å². The molecular formula is C29H32F2N2O4. The van der Waals surface area contributed by atoms with E-state index in [0.29, 0.717) is 24.0 Å². The Morgan fingerprint density at radius 1 is 1.03 bits per heavy atom. The normalized spacial score (nSPS) is 12.7. The summed E-state index contributed by atoms with van der Waals surface area (Å²) in [6, 6.07) is 10.6. The van der Waals surface area contributed by atoms with Crippen LogP contribution in [0.25, 0.3) is 0 Å². The molecule has 0 radical (unpaired) electrons. The standard InChI is InChI=1S/C29H32F2N2O4/c1-4-5-9-26(28(36)32-25(16-27(34)35)20-12-10-18(2)11-13-20)33-17-19(3)14-21(29(33)37)15-22-23(30)7-6-8-24(22)31/h6-8,10-14,17,25-26H,4-5,9,15-16H2,1-3H3,(H,32,36)(H,34,35)/t25-,26-/m0/s1. The monoisotopic (exact) mass is 510 g/mol. The zero-order valence-electron chi connectivity index (χ0n) is 21.3. The third-order valence-electron chi connectivity index (χ3n) is 6.33. The fraction of sp³-hybridized carbons (Fsp3) is 0.345. The number of carbonyl (C=O) groups excluding carboxylic acids is 1. The Morgan fingerprint density at radius 2 is 1.68 bits per heavy atom. The maximum atomic E-state index is 14.3. The molecule has 196 valence electrons. The van der Waals surface area contributed by atoms with Crippen molar-refractivity contribution in [3.63, 3.8) is 0 Å². The molecule has 0 saturated heterocycles. The first-order chi connectivity index (χ1) is 17.6. The van der Waals surface area contributed by atoms with E-state index in [-0.39, 0.29) is 24.0 Å². The van der Waals surface area contributed by atoms with Crippen LogP contribution in [0, 0.1) is 25.5 Å². The van der Waals surface area contributed by atoms with Gasteiger partial charge < -0.3 is 15.0 Å². The van der Waals surface area contributed by atoms with Gasteiger partial charge in [-0.25, -0.2) is 8.78 Å². The molecule has 0 unspecified atom stereocenters. The molecule has 6 nitrogen and oxygen atoms in total. The summed E-state index contributed by atoms with van der Waals surface area (Å²) in [5.74, 6) is -3.06. The summed E-state index contributed by atoms with van der Waals surface area (Å²) >= 11 is 0. The Kier molecular flexibility index (Phi) is 9.33. The summed E-state index contributed by atoms with van der Waals surface area (Å²) in [6.07, 6.45) is 2.73. The molecule has 1 heterocycles. The van der Waals surface area contributed by atoms with Crippen molar-refractivity contribution >= 4 is 11.9 Å². The summed E-state index contributed by atoms with van der Waals surface area (Å²) in [4.78, 5) is 38.6. The molecule has 8 heteroatoms. The van der Waals surface area contributed by atoms with Gasteiger partial charge in [0.15, 0.2) is 0 Å². The molecule has 0 spiro atoms. The predicted molar refractivity (Wildman–Crippen MR) is 137 cm³/mol. The molecule has 1 amide bonds. The van der Waals surface area contributed by atoms with Crippen molar-refractivity contribution in [3.8, 4) is 0 Å². The molecule has 3 rings (SSSR count). The zero-order valence-corrected chi connectivity index (χ0v) is 21.3. The van der Waals surface area contributed by atoms with E-state index in [1.54, 1.807) is 31.3 Å². The molecule has 0 aliphatic heterocycles. The Morgan fingerprint density at radius 3 is 2.27 bits per heavy atom. The van der Waals surface area contributed by atoms with Gasteiger partial charge in [0.25, 0.3) is 5.56 Å². The summed E-state index contributed by atoms with van der Waals surface area (Å²) in [7, 11) is 0. The van der Waals surface area contributed by atoms with Crippen LogP contribution in [0.1, 0.15) is 72.5 Å². The van der Waals surface area contributed by atoms with Crippen molar-refractivity contribution in [2.24, 2.45) is 0 Å². The first kappa shape index (κ1) is 27.8. The van der Waals surface area contributed by atoms with Gasteiger partial charge in [-0.15, -0.1) is 0 Å². The lowest BCUT2D eigenvalue weighted by Gasteiger charge is -2.24. The van der Waals surface area contributed by atoms with Crippen LogP contribution in [-0.4, -0.2) is 21.6 Å². The SMILES string of the molecule is CCCC[C@@H](C(=O)N[C@@H](CC(=O)O)c1ccc(C)cc1)n1cc(C)cc(Cc2c(F)cccc2F)c1=O. The highest BCUT2D eigenvalue weighted by Gasteiger charge is 2.27. The molecule has 2 N–H and O–H groups in total. The fourth-order valence-electron chi connectivity index (χ4n) is 4.35. The number of hydrogen-bond acceptors (Lipinski definition) is 3. The number of halogens is 2. The highest BCUT2D eigenvalue weighted by Crippen LogP contribution is 2.22. The van der Waals surface area contributed by atoms with E-state index in [1.807, 2.05) is 26.0 Å². The lowest BCUT2D eigenvalue weighted by atomic mass is 10.00. The van der Waals surface area contributed by atoms with E-state index in [4.69, 9.17) is 0 Å². The molecule has 1 aromatic heterocycles. The quantitative estimate of drug-likeness (QED) is 0.362. The number of aromatic nitrogens is 1. The molecule has 0 saturated carbocycles. The van der Waals surface area contributed by atoms with Crippen molar-refractivity contribution in [2.75, 3.05) is 0 Å². The highest BCUT2D eigenvalue weighted by atomic mass is 19.1. The summed E-state index contributed by atoms with van der Waals surface area (Å²) < 4.78 is 29.9. The predicted octanol–water partition coefficient (Wildman–Crippen LogP) is 5.40. The number of nitrogens with zero attached hydrogens (tertiary/aromatic N) is 1. The Hall–Kier alpha value is -3.81. The van der Waals surface area contributed by atoms with E-state index in [2.05, 4.69) is 5.32 Å². The number of carboxylic acid groups (broad SMARTS) is 1. The number of hydrogen-bond donors (Lipinski definition) is 2. The molecule has 3 aromatic rings. The maximum Gasteiger partial charge on any atom is 0.305 e. The van der Waals surface area contributed by atoms with Crippen LogP contribution in [0.5, 0.6) is 0 Å². The Bertz CT molecular complexity index is 1300. The number of rotatable bonds is 11. The molecule has 2 atom stereocenters. The average Bonchev–Trinajstić information content (AvgIpc) is 2.84. The van der Waals surface area contributed by atoms with Gasteiger partial charge in [-0.2, -0.15) is 0 Å². The lowest BCUT2D eigenvalue weighted by molar-refractivity contribution is -0.138. The smallest absolute Gasteiger partial charge is 0.305 e. The number of carbonyl (C=O) groups is 2. The van der Waals surface area contributed by atoms with Gasteiger partial charge in [0.2, 0.25) is 5.91 Å². The third kappa shape index (κ3) is 7.12. The Balaban J connectivity index is 1.99. The number of benzene rings is 2. The number of carboxylic acids is 1. The second-order valence-electron chi connectivity index (χ2n) is 9.36. The number of pyridine rings is 1. The van der Waals surface area contributed by atoms with Crippen LogP contribution in [0.4, 0.5) is 8.78 Å². The molecular weight excluding hydrogens is 478 g/mol. The van der Waals surface area contributed by atoms with Crippen molar-refractivity contribution < 1.29 is 23.5 Å². The van der Waals surface area contributed by atoms with Gasteiger partial charge in [0.05, 0.1) is 12.5 Å². The van der Waals surface area contributed by atoms with Crippen LogP contribution >= 0.6 is 0 Å². The largest absolute Gasteiger partial charge is 0.481 e. The van der Waals surface area contributed by atoms with Crippen LogP contribution in [0.3, 0.4) is 0 Å². The van der Waals surface area contributed by atoms with E-state index < -0.39 is 41.2 Å². The Labute approximate surface area is 215 Å². The van der Waals surface area contributed by atoms with Gasteiger partial charge in [0.1, 0.15) is 17.7 Å². The van der Waals surface area contributed by atoms with Crippen LogP contribution in [0.2, 0.25) is 0 Å². The molecule has 0 fully saturated rings. The molecule has 0 aliphatic rings. The number of amides is 1. The van der Waals surface area contributed by atoms with Crippen LogP contribution < -0.4 is 10.9 Å². The summed E-state index contributed by atoms with van der Waals surface area (Å²) in [5, 5.41) is 12.3. The van der Waals surface area contributed by atoms with E-state index in [0.717, 1.165) is 24.1 Å². The zero-order chi connectivity index (χ0) is 27.1. The first-order valence-corrected chi connectivity index (χ1v) is 12.3. The van der Waals surface area contributed by atoms with Crippen molar-refractivity contribution in [2.45, 2.75) is 65.0 Å². The number of aliphatic carboxylic acids is 1. The number of aryl methyl sites for hydroxylation is 2. The highest BCUT2D eigenvalue weighted by molar-refractivity contribution is 5.81. The second kappa shape index (κ2) is 12.4.